The van der Waals surface area contributed by atoms with Crippen LogP contribution in [0, 0.1) is 11.1 Å². The van der Waals surface area contributed by atoms with Crippen molar-refractivity contribution >= 4 is 12.7 Å². The van der Waals surface area contributed by atoms with Crippen molar-refractivity contribution < 1.29 is 5.11 Å². The van der Waals surface area contributed by atoms with Crippen LogP contribution in [0.25, 0.3) is 0 Å². The highest BCUT2D eigenvalue weighted by atomic mass is 16.2. The van der Waals surface area contributed by atoms with Crippen LogP contribution >= 0.6 is 0 Å². The van der Waals surface area contributed by atoms with Gasteiger partial charge in [0, 0.05) is 7.11 Å². The van der Waals surface area contributed by atoms with E-state index in [9.17, 15) is 0 Å². The fraction of sp³-hybridized carbons (Fsp3) is 0.333. The van der Waals surface area contributed by atoms with Gasteiger partial charge in [0.1, 0.15) is 0 Å². The maximum absolute atomic E-state index is 7.00. The average Bonchev–Trinajstić information content (AvgIpc) is 2.12. The quantitative estimate of drug-likeness (QED) is 0.125. The molecule has 12 heavy (non-hydrogen) atoms. The van der Waals surface area contributed by atoms with Gasteiger partial charge >= 0.3 is 0 Å². The van der Waals surface area contributed by atoms with Crippen molar-refractivity contribution in [1.29, 1.82) is 11.1 Å². The Morgan fingerprint density at radius 1 is 1.00 bits per heavy atom. The predicted octanol–water partition coefficient (Wildman–Crippen LogP) is -0.553. The second-order valence-electron chi connectivity index (χ2n) is 0.787. The highest BCUT2D eigenvalue weighted by molar-refractivity contribution is 5.53. The minimum absolute atomic E-state index is 0.944. The molecule has 0 amide bonds. The predicted molar refractivity (Wildman–Crippen MR) is 43.8 cm³/mol. The summed E-state index contributed by atoms with van der Waals surface area (Å²) >= 11 is 0. The van der Waals surface area contributed by atoms with Crippen LogP contribution in [-0.4, -0.2) is 24.9 Å². The average molecular weight is 176 g/mol. The monoisotopic (exact) mass is 176 g/mol. The van der Waals surface area contributed by atoms with E-state index in [1.165, 1.54) is 0 Å². The number of hydrogen-bond acceptors (Lipinski definition) is 7. The lowest BCUT2D eigenvalue weighted by atomic mass is 11.4. The largest absolute Gasteiger partial charge is 0.400 e. The molecule has 0 atom stereocenters. The molecule has 0 unspecified atom stereocenters. The maximum Gasteiger partial charge on any atom is 0.156 e. The van der Waals surface area contributed by atoms with Crippen molar-refractivity contribution in [1.82, 2.24) is 0 Å². The molecule has 9 heteroatoms. The summed E-state index contributed by atoms with van der Waals surface area (Å²) in [6.45, 7) is 0. The van der Waals surface area contributed by atoms with E-state index in [0.29, 0.717) is 0 Å². The third kappa shape index (κ3) is 92.6. The van der Waals surface area contributed by atoms with E-state index >= 15 is 0 Å². The van der Waals surface area contributed by atoms with Gasteiger partial charge in [-0.1, -0.05) is 0 Å². The Balaban J connectivity index is -0.000000112. The second-order valence-corrected chi connectivity index (χ2v) is 0.787. The van der Waals surface area contributed by atoms with Crippen molar-refractivity contribution in [2.75, 3.05) is 7.11 Å². The number of nitrogens with one attached hydrogen (secondary N) is 2. The van der Waals surface area contributed by atoms with Crippen LogP contribution in [0.2, 0.25) is 0 Å². The van der Waals surface area contributed by atoms with Crippen LogP contribution in [0.5, 0.6) is 0 Å². The molecule has 0 saturated carbocycles. The molecule has 0 aromatic carbocycles. The highest BCUT2D eigenvalue weighted by Crippen LogP contribution is 1.45. The minimum Gasteiger partial charge on any atom is -0.400 e. The maximum atomic E-state index is 7.00. The zero-order chi connectivity index (χ0) is 10.2. The third-order valence-corrected chi connectivity index (χ3v) is 0.249. The third-order valence-electron chi connectivity index (χ3n) is 0.249. The molecule has 0 saturated heterocycles. The minimum atomic E-state index is 0.944. The molecular weight excluding hydrogens is 164 g/mol. The smallest absolute Gasteiger partial charge is 0.156 e. The molecule has 0 rings (SSSR count). The molecule has 0 bridgehead atoms. The van der Waals surface area contributed by atoms with Crippen LogP contribution in [0.1, 0.15) is 0 Å². The lowest BCUT2D eigenvalue weighted by Gasteiger charge is -1.58. The number of aliphatic hydroxyl groups is 1. The Morgan fingerprint density at radius 3 is 1.25 bits per heavy atom. The number of nitrogens with zero attached hydrogens (tertiary/aromatic N) is 4. The van der Waals surface area contributed by atoms with E-state index in [4.69, 9.17) is 16.2 Å². The molecule has 0 heterocycles. The normalized spacial score (nSPS) is 7.83. The molecule has 0 aliphatic heterocycles. The van der Waals surface area contributed by atoms with Gasteiger partial charge in [-0.2, -0.15) is 10.2 Å². The second kappa shape index (κ2) is 35.5. The standard InChI is InChI=1S/2CH4N4.CH4O/c2*2-4-1-5-3;1-2/h2*1-2H,3H2;2H,1H3. The summed E-state index contributed by atoms with van der Waals surface area (Å²) in [6, 6.07) is 0. The number of nitrogens with two attached hydrogens (primary N) is 2. The number of rotatable bonds is 2. The van der Waals surface area contributed by atoms with Gasteiger partial charge in [0.05, 0.1) is 0 Å². The van der Waals surface area contributed by atoms with Gasteiger partial charge in [-0.3, -0.25) is 0 Å². The fourth-order valence-electron chi connectivity index (χ4n) is 0.0667. The van der Waals surface area contributed by atoms with E-state index in [-0.39, 0.29) is 0 Å². The summed E-state index contributed by atoms with van der Waals surface area (Å²) in [4.78, 5) is 0. The van der Waals surface area contributed by atoms with E-state index in [2.05, 4.69) is 32.1 Å². The van der Waals surface area contributed by atoms with E-state index < -0.39 is 0 Å². The summed E-state index contributed by atoms with van der Waals surface area (Å²) in [5.74, 6) is 8.99. The fourth-order valence-corrected chi connectivity index (χ4v) is 0.0667. The molecule has 7 N–H and O–H groups in total. The zero-order valence-corrected chi connectivity index (χ0v) is 6.55. The first-order valence-corrected chi connectivity index (χ1v) is 2.44. The first kappa shape index (κ1) is 16.6. The van der Waals surface area contributed by atoms with Crippen LogP contribution in [0.4, 0.5) is 0 Å². The van der Waals surface area contributed by atoms with Crippen molar-refractivity contribution in [3.05, 3.63) is 0 Å². The number of hydrogen-bond donors (Lipinski definition) is 5. The van der Waals surface area contributed by atoms with Crippen LogP contribution in [-0.2, 0) is 0 Å². The Hall–Kier alpha value is -1.90. The molecule has 0 aromatic rings. The molecule has 0 spiro atoms. The summed E-state index contributed by atoms with van der Waals surface area (Å²) in [6.07, 6.45) is 1.89. The van der Waals surface area contributed by atoms with Gasteiger partial charge in [0.15, 0.2) is 12.7 Å². The van der Waals surface area contributed by atoms with Crippen LogP contribution in [0.3, 0.4) is 0 Å². The molecule has 9 nitrogen and oxygen atoms in total. The van der Waals surface area contributed by atoms with Crippen molar-refractivity contribution in [2.45, 2.75) is 0 Å². The lowest BCUT2D eigenvalue weighted by Crippen LogP contribution is -1.75. The van der Waals surface area contributed by atoms with Crippen molar-refractivity contribution in [2.24, 2.45) is 32.1 Å². The topological polar surface area (TPSA) is 169 Å². The Labute approximate surface area is 69.2 Å². The van der Waals surface area contributed by atoms with Gasteiger partial charge < -0.3 is 16.8 Å². The highest BCUT2D eigenvalue weighted by Gasteiger charge is 1.44. The van der Waals surface area contributed by atoms with E-state index in [1.54, 1.807) is 0 Å². The molecule has 0 aromatic heterocycles. The molecule has 0 aliphatic carbocycles. The molecule has 0 fully saturated rings. The lowest BCUT2D eigenvalue weighted by molar-refractivity contribution is 0.399. The summed E-state index contributed by atoms with van der Waals surface area (Å²) in [5.41, 5.74) is 12.0. The first-order valence-electron chi connectivity index (χ1n) is 2.44. The van der Waals surface area contributed by atoms with Crippen LogP contribution in [0.15, 0.2) is 20.4 Å². The first-order chi connectivity index (χ1) is 5.83. The van der Waals surface area contributed by atoms with Gasteiger partial charge in [-0.15, -0.1) is 10.2 Å². The summed E-state index contributed by atoms with van der Waals surface area (Å²) in [5, 5.41) is 18.1. The van der Waals surface area contributed by atoms with Gasteiger partial charge in [-0.25, -0.2) is 11.1 Å². The van der Waals surface area contributed by atoms with Gasteiger partial charge in [-0.05, 0) is 0 Å². The number of aliphatic hydroxyl groups excluding tert-OH is 1. The Bertz CT molecular complexity index is 114. The van der Waals surface area contributed by atoms with E-state index in [1.807, 2.05) is 0 Å². The molecule has 70 valence electrons. The summed E-state index contributed by atoms with van der Waals surface area (Å²) in [7, 11) is 1.00. The van der Waals surface area contributed by atoms with Gasteiger partial charge in [0.25, 0.3) is 0 Å². The Kier molecular flexibility index (Phi) is 49.1. The van der Waals surface area contributed by atoms with Gasteiger partial charge in [0.2, 0.25) is 0 Å². The van der Waals surface area contributed by atoms with Crippen LogP contribution < -0.4 is 11.7 Å². The molecular formula is C3H12N8O. The van der Waals surface area contributed by atoms with Crippen molar-refractivity contribution in [3.8, 4) is 0 Å². The zero-order valence-electron chi connectivity index (χ0n) is 6.55. The SMILES string of the molecule is CO.N=NC=NN.N=NC=NN. The summed E-state index contributed by atoms with van der Waals surface area (Å²) < 4.78 is 0. The van der Waals surface area contributed by atoms with E-state index in [0.717, 1.165) is 19.8 Å². The van der Waals surface area contributed by atoms with Crippen molar-refractivity contribution in [3.63, 3.8) is 0 Å². The molecule has 0 aliphatic rings. The number of hydrazone groups is 2. The Morgan fingerprint density at radius 2 is 1.25 bits per heavy atom. The molecule has 0 radical (unpaired) electrons.